The number of hydrogen-bond donors (Lipinski definition) is 0. The maximum absolute atomic E-state index is 15.0. The third kappa shape index (κ3) is 5.52. The van der Waals surface area contributed by atoms with Gasteiger partial charge in [-0.3, -0.25) is 9.59 Å². The van der Waals surface area contributed by atoms with E-state index >= 15 is 0 Å². The van der Waals surface area contributed by atoms with Gasteiger partial charge in [-0.1, -0.05) is 98.1 Å². The number of pyridine rings is 2. The number of anilines is 1. The van der Waals surface area contributed by atoms with Crippen molar-refractivity contribution < 1.29 is 9.59 Å². The molecule has 2 amide bonds. The first-order valence-corrected chi connectivity index (χ1v) is 18.6. The van der Waals surface area contributed by atoms with Crippen molar-refractivity contribution in [1.82, 2.24) is 14.5 Å². The summed E-state index contributed by atoms with van der Waals surface area (Å²) in [5.74, 6) is -0.214. The van der Waals surface area contributed by atoms with Gasteiger partial charge in [-0.05, 0) is 102 Å². The van der Waals surface area contributed by atoms with Crippen molar-refractivity contribution in [1.29, 1.82) is 0 Å². The molecule has 0 saturated heterocycles. The van der Waals surface area contributed by atoms with E-state index in [0.717, 1.165) is 55.2 Å². The Labute approximate surface area is 333 Å². The number of amides is 2. The van der Waals surface area contributed by atoms with Crippen LogP contribution in [0.15, 0.2) is 170 Å². The fourth-order valence-electron chi connectivity index (χ4n) is 7.96. The molecule has 10 rings (SSSR count). The third-order valence-electron chi connectivity index (χ3n) is 10.6. The summed E-state index contributed by atoms with van der Waals surface area (Å²) in [6, 6.07) is 53.8. The Balaban J connectivity index is 1.17. The normalized spacial score (nSPS) is 12.1. The number of hydrogen-bond acceptors (Lipinski definition) is 4. The molecule has 0 fully saturated rings. The Bertz CT molecular complexity index is 3130. The number of nitrogens with zero attached hydrogens (tertiary/aromatic N) is 6. The minimum Gasteiger partial charge on any atom is -0.361 e. The predicted octanol–water partition coefficient (Wildman–Crippen LogP) is 12.1. The van der Waals surface area contributed by atoms with Gasteiger partial charge in [0.1, 0.15) is 0 Å². The van der Waals surface area contributed by atoms with Gasteiger partial charge in [-0.2, -0.15) is 0 Å². The van der Waals surface area contributed by atoms with Crippen molar-refractivity contribution in [3.05, 3.63) is 204 Å². The lowest BCUT2D eigenvalue weighted by Crippen LogP contribution is -2.30. The Morgan fingerprint density at radius 2 is 0.983 bits per heavy atom. The molecular weight excluding hydrogens is 717 g/mol. The monoisotopic (exact) mass is 744 g/mol. The standard InChI is InChI=1S/C50H28N6O2/c1-51-46-20-10-17-40(53-46)34-23-26-43-38(29-34)39-30-35(41-18-11-21-47(52-2)54-41)24-27-44(39)55(43)45-19-9-16-36-48(45)50(58)56(49(36)57)42-25-22-33(31-12-5-3-6-13-31)28-37(42)32-14-7-4-8-15-32/h3-30H. The van der Waals surface area contributed by atoms with Crippen molar-refractivity contribution in [3.8, 4) is 50.5 Å². The summed E-state index contributed by atoms with van der Waals surface area (Å²) in [6.45, 7) is 15.0. The molecule has 1 aliphatic rings. The Morgan fingerprint density at radius 3 is 1.57 bits per heavy atom. The lowest BCUT2D eigenvalue weighted by atomic mass is 9.97. The maximum atomic E-state index is 15.0. The van der Waals surface area contributed by atoms with E-state index < -0.39 is 11.8 Å². The van der Waals surface area contributed by atoms with E-state index in [0.29, 0.717) is 45.5 Å². The number of carbonyl (C=O) groups is 2. The first-order chi connectivity index (χ1) is 28.5. The fraction of sp³-hybridized carbons (Fsp3) is 0. The van der Waals surface area contributed by atoms with Crippen LogP contribution >= 0.6 is 0 Å². The highest BCUT2D eigenvalue weighted by Gasteiger charge is 2.40. The van der Waals surface area contributed by atoms with E-state index in [2.05, 4.69) is 19.7 Å². The van der Waals surface area contributed by atoms with E-state index in [1.54, 1.807) is 18.2 Å². The molecule has 6 aromatic carbocycles. The summed E-state index contributed by atoms with van der Waals surface area (Å²) in [5, 5.41) is 1.75. The highest BCUT2D eigenvalue weighted by Crippen LogP contribution is 2.43. The second-order valence-corrected chi connectivity index (χ2v) is 13.9. The molecule has 270 valence electrons. The van der Waals surface area contributed by atoms with E-state index in [-0.39, 0.29) is 0 Å². The smallest absolute Gasteiger partial charge is 0.270 e. The molecular formula is C50H28N6O2. The van der Waals surface area contributed by atoms with Crippen molar-refractivity contribution in [3.63, 3.8) is 0 Å². The van der Waals surface area contributed by atoms with Gasteiger partial charge in [0.2, 0.25) is 0 Å². The van der Waals surface area contributed by atoms with Crippen molar-refractivity contribution in [2.24, 2.45) is 0 Å². The zero-order chi connectivity index (χ0) is 39.3. The molecule has 0 bridgehead atoms. The van der Waals surface area contributed by atoms with E-state index in [1.807, 2.05) is 156 Å². The van der Waals surface area contributed by atoms with Gasteiger partial charge < -0.3 is 14.3 Å². The van der Waals surface area contributed by atoms with Crippen LogP contribution in [-0.2, 0) is 0 Å². The number of imide groups is 1. The van der Waals surface area contributed by atoms with Crippen LogP contribution in [0.5, 0.6) is 0 Å². The molecule has 9 aromatic rings. The number of fused-ring (bicyclic) bond motifs is 4. The van der Waals surface area contributed by atoms with Gasteiger partial charge in [0.15, 0.2) is 11.4 Å². The Morgan fingerprint density at radius 1 is 0.431 bits per heavy atom. The van der Waals surface area contributed by atoms with Crippen molar-refractivity contribution in [2.45, 2.75) is 0 Å². The molecule has 8 nitrogen and oxygen atoms in total. The van der Waals surface area contributed by atoms with Crippen molar-refractivity contribution in [2.75, 3.05) is 4.90 Å². The third-order valence-corrected chi connectivity index (χ3v) is 10.6. The molecule has 1 aliphatic heterocycles. The lowest BCUT2D eigenvalue weighted by molar-refractivity contribution is 0.0926. The molecule has 0 unspecified atom stereocenters. The molecule has 0 atom stereocenters. The van der Waals surface area contributed by atoms with Gasteiger partial charge in [-0.25, -0.2) is 4.90 Å². The molecule has 0 N–H and O–H groups in total. The lowest BCUT2D eigenvalue weighted by Gasteiger charge is -2.20. The zero-order valence-corrected chi connectivity index (χ0v) is 30.7. The first-order valence-electron chi connectivity index (χ1n) is 18.6. The van der Waals surface area contributed by atoms with Gasteiger partial charge in [0.05, 0.1) is 33.5 Å². The summed E-state index contributed by atoms with van der Waals surface area (Å²) in [7, 11) is 0. The maximum Gasteiger partial charge on any atom is 0.270 e. The summed E-state index contributed by atoms with van der Waals surface area (Å²) < 4.78 is 2.04. The highest BCUT2D eigenvalue weighted by molar-refractivity contribution is 6.36. The van der Waals surface area contributed by atoms with Gasteiger partial charge in [0.25, 0.3) is 23.5 Å². The van der Waals surface area contributed by atoms with Crippen LogP contribution in [0.1, 0.15) is 20.7 Å². The number of carbonyl (C=O) groups excluding carboxylic acids is 2. The van der Waals surface area contributed by atoms with Gasteiger partial charge in [-0.15, -0.1) is 9.97 Å². The second-order valence-electron chi connectivity index (χ2n) is 13.9. The van der Waals surface area contributed by atoms with Crippen LogP contribution < -0.4 is 4.90 Å². The molecule has 0 saturated carbocycles. The summed E-state index contributed by atoms with van der Waals surface area (Å²) in [4.78, 5) is 47.0. The largest absolute Gasteiger partial charge is 0.361 e. The van der Waals surface area contributed by atoms with Crippen LogP contribution in [0.3, 0.4) is 0 Å². The summed E-state index contributed by atoms with van der Waals surface area (Å²) >= 11 is 0. The van der Waals surface area contributed by atoms with Crippen molar-refractivity contribution >= 4 is 50.9 Å². The van der Waals surface area contributed by atoms with Crippen LogP contribution in [0.2, 0.25) is 0 Å². The first kappa shape index (κ1) is 34.1. The summed E-state index contributed by atoms with van der Waals surface area (Å²) in [6.07, 6.45) is 0. The van der Waals surface area contributed by atoms with E-state index in [9.17, 15) is 9.59 Å². The number of benzene rings is 6. The topological polar surface area (TPSA) is 76.8 Å². The summed E-state index contributed by atoms with van der Waals surface area (Å²) in [5.41, 5.74) is 9.91. The van der Waals surface area contributed by atoms with Crippen LogP contribution in [0.4, 0.5) is 17.3 Å². The molecule has 58 heavy (non-hydrogen) atoms. The number of aromatic nitrogens is 3. The molecule has 0 aliphatic carbocycles. The Hall–Kier alpha value is -8.46. The van der Waals surface area contributed by atoms with E-state index in [4.69, 9.17) is 13.1 Å². The molecule has 0 spiro atoms. The molecule has 0 radical (unpaired) electrons. The van der Waals surface area contributed by atoms with Gasteiger partial charge in [0, 0.05) is 27.5 Å². The Kier molecular flexibility index (Phi) is 8.04. The molecule has 3 aromatic heterocycles. The minimum atomic E-state index is -0.413. The highest BCUT2D eigenvalue weighted by atomic mass is 16.2. The fourth-order valence-corrected chi connectivity index (χ4v) is 7.96. The van der Waals surface area contributed by atoms with Crippen LogP contribution in [-0.4, -0.2) is 26.3 Å². The van der Waals surface area contributed by atoms with Gasteiger partial charge >= 0.3 is 0 Å². The minimum absolute atomic E-state index is 0.297. The van der Waals surface area contributed by atoms with Crippen LogP contribution in [0, 0.1) is 13.1 Å². The second kappa shape index (κ2) is 13.7. The predicted molar refractivity (Wildman–Crippen MR) is 228 cm³/mol. The SMILES string of the molecule is [C-]#[N+]c1cccc(-c2ccc3c(c2)c2cc(-c4cccc([N+]#[C-])n4)ccc2n3-c2cccc3c2C(=O)N(c2ccc(-c4ccccc4)cc2-c2ccccc2)C3=O)n1. The zero-order valence-electron chi connectivity index (χ0n) is 30.7. The van der Waals surface area contributed by atoms with Crippen LogP contribution in [0.25, 0.3) is 82.0 Å². The average molecular weight is 745 g/mol. The molecule has 8 heteroatoms. The molecule has 4 heterocycles. The average Bonchev–Trinajstić information content (AvgIpc) is 3.75. The number of rotatable bonds is 6. The van der Waals surface area contributed by atoms with E-state index in [1.165, 1.54) is 4.90 Å². The quantitative estimate of drug-likeness (QED) is 0.125.